The van der Waals surface area contributed by atoms with Crippen LogP contribution in [0.25, 0.3) is 11.3 Å². The molecule has 1 saturated carbocycles. The molecule has 0 radical (unpaired) electrons. The second-order valence-electron chi connectivity index (χ2n) is 4.25. The molecule has 2 aromatic rings. The summed E-state index contributed by atoms with van der Waals surface area (Å²) in [6, 6.07) is 0.702. The third-order valence-corrected chi connectivity index (χ3v) is 3.74. The van der Waals surface area contributed by atoms with Crippen LogP contribution in [0.15, 0.2) is 21.6 Å². The van der Waals surface area contributed by atoms with E-state index in [2.05, 4.69) is 28.0 Å². The van der Waals surface area contributed by atoms with E-state index in [0.29, 0.717) is 6.04 Å². The lowest BCUT2D eigenvalue weighted by molar-refractivity contribution is 0.569. The van der Waals surface area contributed by atoms with Crippen LogP contribution in [0.4, 0.5) is 0 Å². The summed E-state index contributed by atoms with van der Waals surface area (Å²) in [7, 11) is 0. The van der Waals surface area contributed by atoms with E-state index in [1.165, 1.54) is 30.4 Å². The van der Waals surface area contributed by atoms with Gasteiger partial charge in [0.05, 0.1) is 0 Å². The molecule has 1 aliphatic carbocycles. The summed E-state index contributed by atoms with van der Waals surface area (Å²) in [5.41, 5.74) is 3.46. The molecule has 1 fully saturated rings. The summed E-state index contributed by atoms with van der Waals surface area (Å²) in [5.74, 6) is 0.923. The Labute approximate surface area is 98.5 Å². The van der Waals surface area contributed by atoms with Crippen molar-refractivity contribution in [2.24, 2.45) is 0 Å². The topological polar surface area (TPSA) is 38.1 Å². The summed E-state index contributed by atoms with van der Waals surface area (Å²) in [5, 5.41) is 7.72. The summed E-state index contributed by atoms with van der Waals surface area (Å²) < 4.78 is 5.50. The van der Waals surface area contributed by atoms with Crippen LogP contribution in [0.1, 0.15) is 24.1 Å². The van der Waals surface area contributed by atoms with Crippen molar-refractivity contribution in [1.29, 1.82) is 0 Å². The van der Waals surface area contributed by atoms with Crippen molar-refractivity contribution < 1.29 is 4.42 Å². The van der Waals surface area contributed by atoms with E-state index in [9.17, 15) is 0 Å². The van der Waals surface area contributed by atoms with E-state index < -0.39 is 0 Å². The highest BCUT2D eigenvalue weighted by Crippen LogP contribution is 2.29. The highest BCUT2D eigenvalue weighted by atomic mass is 32.1. The first-order chi connectivity index (χ1) is 7.84. The van der Waals surface area contributed by atoms with E-state index in [1.807, 2.05) is 0 Å². The molecule has 0 saturated heterocycles. The highest BCUT2D eigenvalue weighted by Gasteiger charge is 2.22. The minimum absolute atomic E-state index is 0.702. The summed E-state index contributed by atoms with van der Waals surface area (Å²) in [6.45, 7) is 2.91. The summed E-state index contributed by atoms with van der Waals surface area (Å²) >= 11 is 1.70. The molecule has 0 unspecified atom stereocenters. The van der Waals surface area contributed by atoms with Gasteiger partial charge in [0.25, 0.3) is 0 Å². The van der Waals surface area contributed by atoms with Crippen LogP contribution in [0.5, 0.6) is 0 Å². The lowest BCUT2D eigenvalue weighted by Gasteiger charge is -2.01. The standard InChI is InChI=1S/C12H14N2OS/c1-8-5-16-6-10(8)12-11(14-7-15-12)4-13-9-2-3-9/h5-7,9,13H,2-4H2,1H3. The molecule has 4 heteroatoms. The molecule has 2 heterocycles. The van der Waals surface area contributed by atoms with Crippen molar-refractivity contribution in [3.63, 3.8) is 0 Å². The number of hydrogen-bond acceptors (Lipinski definition) is 4. The molecule has 16 heavy (non-hydrogen) atoms. The predicted molar refractivity (Wildman–Crippen MR) is 64.4 cm³/mol. The Balaban J connectivity index is 1.83. The van der Waals surface area contributed by atoms with Crippen LogP contribution in [-0.2, 0) is 6.54 Å². The highest BCUT2D eigenvalue weighted by molar-refractivity contribution is 7.08. The van der Waals surface area contributed by atoms with Gasteiger partial charge in [0.2, 0.25) is 0 Å². The molecule has 2 aromatic heterocycles. The summed E-state index contributed by atoms with van der Waals surface area (Å²) in [4.78, 5) is 4.29. The molecule has 0 bridgehead atoms. The smallest absolute Gasteiger partial charge is 0.181 e. The van der Waals surface area contributed by atoms with Gasteiger partial charge in [-0.1, -0.05) is 0 Å². The Morgan fingerprint density at radius 1 is 1.50 bits per heavy atom. The Bertz CT molecular complexity index is 485. The van der Waals surface area contributed by atoms with Crippen molar-refractivity contribution >= 4 is 11.3 Å². The molecule has 0 aliphatic heterocycles. The van der Waals surface area contributed by atoms with Crippen molar-refractivity contribution in [2.75, 3.05) is 0 Å². The SMILES string of the molecule is Cc1cscc1-c1ocnc1CNC1CC1. The van der Waals surface area contributed by atoms with Gasteiger partial charge in [-0.3, -0.25) is 0 Å². The molecule has 0 amide bonds. The van der Waals surface area contributed by atoms with E-state index in [1.54, 1.807) is 11.3 Å². The first-order valence-electron chi connectivity index (χ1n) is 5.53. The molecule has 84 valence electrons. The fourth-order valence-corrected chi connectivity index (χ4v) is 2.56. The zero-order valence-electron chi connectivity index (χ0n) is 9.19. The minimum atomic E-state index is 0.702. The number of nitrogens with zero attached hydrogens (tertiary/aromatic N) is 1. The van der Waals surface area contributed by atoms with Gasteiger partial charge in [0, 0.05) is 23.5 Å². The van der Waals surface area contributed by atoms with Crippen molar-refractivity contribution in [3.8, 4) is 11.3 Å². The molecular weight excluding hydrogens is 220 g/mol. The Hall–Kier alpha value is -1.13. The minimum Gasteiger partial charge on any atom is -0.443 e. The Kier molecular flexibility index (Phi) is 2.53. The normalized spacial score (nSPS) is 15.6. The number of thiophene rings is 1. The predicted octanol–water partition coefficient (Wildman–Crippen LogP) is 2.96. The van der Waals surface area contributed by atoms with Gasteiger partial charge >= 0.3 is 0 Å². The van der Waals surface area contributed by atoms with Gasteiger partial charge in [0.1, 0.15) is 5.69 Å². The molecule has 3 nitrogen and oxygen atoms in total. The van der Waals surface area contributed by atoms with Crippen molar-refractivity contribution in [1.82, 2.24) is 10.3 Å². The van der Waals surface area contributed by atoms with E-state index in [0.717, 1.165) is 18.0 Å². The fraction of sp³-hybridized carbons (Fsp3) is 0.417. The molecule has 0 atom stereocenters. The van der Waals surface area contributed by atoms with Crippen molar-refractivity contribution in [2.45, 2.75) is 32.4 Å². The molecule has 0 aromatic carbocycles. The Morgan fingerprint density at radius 3 is 3.06 bits per heavy atom. The number of rotatable bonds is 4. The van der Waals surface area contributed by atoms with Crippen LogP contribution in [0, 0.1) is 6.92 Å². The van der Waals surface area contributed by atoms with Gasteiger partial charge in [-0.15, -0.1) is 0 Å². The quantitative estimate of drug-likeness (QED) is 0.883. The van der Waals surface area contributed by atoms with Crippen LogP contribution >= 0.6 is 11.3 Å². The zero-order valence-corrected chi connectivity index (χ0v) is 10.0. The lowest BCUT2D eigenvalue weighted by Crippen LogP contribution is -2.15. The number of oxazole rings is 1. The van der Waals surface area contributed by atoms with Crippen LogP contribution in [0.2, 0.25) is 0 Å². The van der Waals surface area contributed by atoms with Gasteiger partial charge in [-0.05, 0) is 30.7 Å². The second-order valence-corrected chi connectivity index (χ2v) is 5.00. The maximum absolute atomic E-state index is 5.50. The summed E-state index contributed by atoms with van der Waals surface area (Å²) in [6.07, 6.45) is 4.13. The molecule has 1 aliphatic rings. The van der Waals surface area contributed by atoms with E-state index in [-0.39, 0.29) is 0 Å². The average molecular weight is 234 g/mol. The van der Waals surface area contributed by atoms with Gasteiger partial charge < -0.3 is 9.73 Å². The van der Waals surface area contributed by atoms with Crippen LogP contribution in [0.3, 0.4) is 0 Å². The first kappa shape index (κ1) is 10.1. The number of aryl methyl sites for hydroxylation is 1. The van der Waals surface area contributed by atoms with Gasteiger partial charge in [-0.2, -0.15) is 11.3 Å². The second kappa shape index (κ2) is 4.03. The van der Waals surface area contributed by atoms with E-state index in [4.69, 9.17) is 4.42 Å². The zero-order chi connectivity index (χ0) is 11.0. The maximum atomic E-state index is 5.50. The molecule has 0 spiro atoms. The molecule has 1 N–H and O–H groups in total. The number of hydrogen-bond donors (Lipinski definition) is 1. The van der Waals surface area contributed by atoms with E-state index >= 15 is 0 Å². The van der Waals surface area contributed by atoms with Gasteiger partial charge in [-0.25, -0.2) is 4.98 Å². The third-order valence-electron chi connectivity index (χ3n) is 2.88. The van der Waals surface area contributed by atoms with Crippen molar-refractivity contribution in [3.05, 3.63) is 28.4 Å². The van der Waals surface area contributed by atoms with Gasteiger partial charge in [0.15, 0.2) is 12.2 Å². The monoisotopic (exact) mass is 234 g/mol. The molecule has 3 rings (SSSR count). The number of nitrogens with one attached hydrogen (secondary N) is 1. The average Bonchev–Trinajstić information content (AvgIpc) is 2.83. The largest absolute Gasteiger partial charge is 0.443 e. The number of aromatic nitrogens is 1. The lowest BCUT2D eigenvalue weighted by atomic mass is 10.1. The first-order valence-corrected chi connectivity index (χ1v) is 6.48. The van der Waals surface area contributed by atoms with Crippen LogP contribution in [-0.4, -0.2) is 11.0 Å². The third kappa shape index (κ3) is 1.90. The van der Waals surface area contributed by atoms with Crippen LogP contribution < -0.4 is 5.32 Å². The molecular formula is C12H14N2OS. The Morgan fingerprint density at radius 2 is 2.38 bits per heavy atom. The fourth-order valence-electron chi connectivity index (χ4n) is 1.74. The maximum Gasteiger partial charge on any atom is 0.181 e.